The molecule has 3 heteroatoms. The van der Waals surface area contributed by atoms with Gasteiger partial charge in [0.05, 0.1) is 22.1 Å². The number of H-pyrrole nitrogens is 1. The summed E-state index contributed by atoms with van der Waals surface area (Å²) in [6, 6.07) is 71.0. The van der Waals surface area contributed by atoms with Crippen molar-refractivity contribution in [2.24, 2.45) is 0 Å². The molecule has 0 bridgehead atoms. The van der Waals surface area contributed by atoms with Crippen molar-refractivity contribution in [3.8, 4) is 33.6 Å². The van der Waals surface area contributed by atoms with E-state index >= 15 is 0 Å². The van der Waals surface area contributed by atoms with Gasteiger partial charge in [0, 0.05) is 60.1 Å². The second-order valence-corrected chi connectivity index (χ2v) is 14.7. The Bertz CT molecular complexity index is 3470. The number of hydrogen-bond donors (Lipinski definition) is 1. The van der Waals surface area contributed by atoms with E-state index in [1.807, 2.05) is 0 Å². The van der Waals surface area contributed by atoms with Crippen molar-refractivity contribution in [1.82, 2.24) is 14.1 Å². The van der Waals surface area contributed by atoms with Crippen LogP contribution >= 0.6 is 0 Å². The van der Waals surface area contributed by atoms with Crippen LogP contribution in [0.25, 0.3) is 110 Å². The Hall–Kier alpha value is -7.36. The van der Waals surface area contributed by atoms with Gasteiger partial charge in [0.2, 0.25) is 0 Å². The molecular formula is C52H33N3. The third-order valence-electron chi connectivity index (χ3n) is 11.6. The highest BCUT2D eigenvalue weighted by Crippen LogP contribution is 2.40. The zero-order valence-electron chi connectivity index (χ0n) is 29.9. The molecule has 12 rings (SSSR count). The number of aromatic amines is 1. The predicted octanol–water partition coefficient (Wildman–Crippen LogP) is 14.0. The molecule has 9 aromatic carbocycles. The lowest BCUT2D eigenvalue weighted by atomic mass is 9.98. The van der Waals surface area contributed by atoms with E-state index in [4.69, 9.17) is 0 Å². The molecule has 3 aromatic heterocycles. The second kappa shape index (κ2) is 11.6. The molecule has 0 saturated heterocycles. The van der Waals surface area contributed by atoms with Gasteiger partial charge >= 0.3 is 0 Å². The number of hydrogen-bond acceptors (Lipinski definition) is 0. The molecule has 12 aromatic rings. The van der Waals surface area contributed by atoms with Gasteiger partial charge in [-0.05, 0) is 107 Å². The SMILES string of the molecule is c1ccc(-n2c3ccccc3c3cc(-c4ccc5[nH]c6ccc(-c7ccc8c(c7)c7ccc9ccccc9c7n8-c7ccccc7)cc6c5c4)ccc32)cc1. The van der Waals surface area contributed by atoms with Crippen LogP contribution in [-0.4, -0.2) is 14.1 Å². The number of nitrogens with one attached hydrogen (secondary N) is 1. The van der Waals surface area contributed by atoms with Crippen molar-refractivity contribution in [3.05, 3.63) is 194 Å². The Labute approximate surface area is 316 Å². The third-order valence-corrected chi connectivity index (χ3v) is 11.6. The molecule has 0 aliphatic heterocycles. The van der Waals surface area contributed by atoms with E-state index < -0.39 is 0 Å². The van der Waals surface area contributed by atoms with Crippen LogP contribution in [0.1, 0.15) is 0 Å². The minimum atomic E-state index is 1.14. The largest absolute Gasteiger partial charge is 0.355 e. The van der Waals surface area contributed by atoms with Crippen molar-refractivity contribution in [1.29, 1.82) is 0 Å². The Morgan fingerprint density at radius 2 is 0.764 bits per heavy atom. The van der Waals surface area contributed by atoms with Gasteiger partial charge in [-0.15, -0.1) is 0 Å². The molecular weight excluding hydrogens is 667 g/mol. The fourth-order valence-corrected chi connectivity index (χ4v) is 9.07. The summed E-state index contributed by atoms with van der Waals surface area (Å²) < 4.78 is 4.80. The highest BCUT2D eigenvalue weighted by Gasteiger charge is 2.17. The topological polar surface area (TPSA) is 25.6 Å². The molecule has 0 unspecified atom stereocenters. The number of para-hydroxylation sites is 3. The van der Waals surface area contributed by atoms with Gasteiger partial charge < -0.3 is 14.1 Å². The van der Waals surface area contributed by atoms with E-state index in [-0.39, 0.29) is 0 Å². The first-order chi connectivity index (χ1) is 27.3. The number of fused-ring (bicyclic) bond motifs is 11. The zero-order valence-corrected chi connectivity index (χ0v) is 29.9. The number of aromatic nitrogens is 3. The van der Waals surface area contributed by atoms with Gasteiger partial charge in [-0.1, -0.05) is 115 Å². The molecule has 0 amide bonds. The van der Waals surface area contributed by atoms with E-state index in [0.717, 1.165) is 11.0 Å². The maximum Gasteiger partial charge on any atom is 0.0619 e. The average molecular weight is 700 g/mol. The summed E-state index contributed by atoms with van der Waals surface area (Å²) in [5.74, 6) is 0. The summed E-state index contributed by atoms with van der Waals surface area (Å²) in [4.78, 5) is 3.70. The number of benzene rings is 9. The van der Waals surface area contributed by atoms with Crippen molar-refractivity contribution < 1.29 is 0 Å². The van der Waals surface area contributed by atoms with E-state index in [9.17, 15) is 0 Å². The van der Waals surface area contributed by atoms with Crippen molar-refractivity contribution in [2.45, 2.75) is 0 Å². The van der Waals surface area contributed by atoms with Crippen LogP contribution in [0, 0.1) is 0 Å². The number of rotatable bonds is 4. The van der Waals surface area contributed by atoms with Crippen LogP contribution in [-0.2, 0) is 0 Å². The van der Waals surface area contributed by atoms with E-state index in [0.29, 0.717) is 0 Å². The third kappa shape index (κ3) is 4.50. The monoisotopic (exact) mass is 699 g/mol. The minimum absolute atomic E-state index is 1.14. The highest BCUT2D eigenvalue weighted by atomic mass is 15.0. The molecule has 0 aliphatic rings. The zero-order chi connectivity index (χ0) is 36.0. The Morgan fingerprint density at radius 3 is 1.42 bits per heavy atom. The summed E-state index contributed by atoms with van der Waals surface area (Å²) in [6.45, 7) is 0. The first-order valence-electron chi connectivity index (χ1n) is 18.9. The van der Waals surface area contributed by atoms with Crippen molar-refractivity contribution in [3.63, 3.8) is 0 Å². The maximum absolute atomic E-state index is 3.70. The summed E-state index contributed by atoms with van der Waals surface area (Å²) in [7, 11) is 0. The molecule has 0 fully saturated rings. The lowest BCUT2D eigenvalue weighted by Crippen LogP contribution is -1.93. The fourth-order valence-electron chi connectivity index (χ4n) is 9.07. The summed E-state index contributed by atoms with van der Waals surface area (Å²) in [5, 5.41) is 10.0. The van der Waals surface area contributed by atoms with Crippen LogP contribution < -0.4 is 0 Å². The molecule has 3 heterocycles. The molecule has 1 N–H and O–H groups in total. The van der Waals surface area contributed by atoms with Crippen LogP contribution in [0.5, 0.6) is 0 Å². The standard InChI is InChI=1S/C52H33N3/c1-3-12-38(13-4-1)54-49-18-10-9-17-41(49)45-31-36(22-27-50(45)54)34-20-25-47-43(29-34)44-30-35(21-26-48(44)53-47)37-23-28-51-46(32-37)42-24-19-33-11-7-8-16-40(33)52(42)55(51)39-14-5-2-6-15-39/h1-32,53H. The average Bonchev–Trinajstić information content (AvgIpc) is 3.91. The first-order valence-corrected chi connectivity index (χ1v) is 18.9. The van der Waals surface area contributed by atoms with Crippen LogP contribution in [0.2, 0.25) is 0 Å². The smallest absolute Gasteiger partial charge is 0.0619 e. The minimum Gasteiger partial charge on any atom is -0.355 e. The normalized spacial score (nSPS) is 12.0. The predicted molar refractivity (Wildman–Crippen MR) is 233 cm³/mol. The van der Waals surface area contributed by atoms with Gasteiger partial charge in [-0.2, -0.15) is 0 Å². The van der Waals surface area contributed by atoms with Crippen LogP contribution in [0.4, 0.5) is 0 Å². The summed E-state index contributed by atoms with van der Waals surface area (Å²) in [6.07, 6.45) is 0. The van der Waals surface area contributed by atoms with E-state index in [1.165, 1.54) is 98.8 Å². The lowest BCUT2D eigenvalue weighted by molar-refractivity contribution is 1.18. The molecule has 3 nitrogen and oxygen atoms in total. The van der Waals surface area contributed by atoms with Crippen molar-refractivity contribution >= 4 is 76.2 Å². The Kier molecular flexibility index (Phi) is 6.34. The Balaban J connectivity index is 1.01. The fraction of sp³-hybridized carbons (Fsp3) is 0. The lowest BCUT2D eigenvalue weighted by Gasteiger charge is -2.10. The van der Waals surface area contributed by atoms with Crippen molar-refractivity contribution in [2.75, 3.05) is 0 Å². The molecule has 0 spiro atoms. The van der Waals surface area contributed by atoms with Gasteiger partial charge in [-0.25, -0.2) is 0 Å². The van der Waals surface area contributed by atoms with E-state index in [1.54, 1.807) is 0 Å². The molecule has 256 valence electrons. The van der Waals surface area contributed by atoms with Gasteiger partial charge in [0.1, 0.15) is 0 Å². The van der Waals surface area contributed by atoms with Gasteiger partial charge in [0.25, 0.3) is 0 Å². The molecule has 0 saturated carbocycles. The molecule has 0 aliphatic carbocycles. The number of nitrogens with zero attached hydrogens (tertiary/aromatic N) is 2. The second-order valence-electron chi connectivity index (χ2n) is 14.7. The highest BCUT2D eigenvalue weighted by molar-refractivity contribution is 6.19. The van der Waals surface area contributed by atoms with E-state index in [2.05, 4.69) is 208 Å². The molecule has 0 atom stereocenters. The van der Waals surface area contributed by atoms with Gasteiger partial charge in [-0.3, -0.25) is 0 Å². The summed E-state index contributed by atoms with van der Waals surface area (Å²) in [5.41, 5.74) is 14.4. The summed E-state index contributed by atoms with van der Waals surface area (Å²) >= 11 is 0. The first kappa shape index (κ1) is 30.1. The van der Waals surface area contributed by atoms with Crippen LogP contribution in [0.3, 0.4) is 0 Å². The van der Waals surface area contributed by atoms with Gasteiger partial charge in [0.15, 0.2) is 0 Å². The van der Waals surface area contributed by atoms with Crippen LogP contribution in [0.15, 0.2) is 194 Å². The molecule has 55 heavy (non-hydrogen) atoms. The molecule has 0 radical (unpaired) electrons. The quantitative estimate of drug-likeness (QED) is 0.189. The maximum atomic E-state index is 3.70. The Morgan fingerprint density at radius 1 is 0.291 bits per heavy atom.